The van der Waals surface area contributed by atoms with Gasteiger partial charge in [0.2, 0.25) is 0 Å². The molecular weight excluding hydrogens is 522 g/mol. The summed E-state index contributed by atoms with van der Waals surface area (Å²) in [5, 5.41) is 0. The van der Waals surface area contributed by atoms with Crippen LogP contribution >= 0.6 is 0 Å². The zero-order chi connectivity index (χ0) is 30.0. The number of carbonyl (C=O) groups is 3. The van der Waals surface area contributed by atoms with Crippen LogP contribution < -0.4 is 0 Å². The summed E-state index contributed by atoms with van der Waals surface area (Å²) in [7, 11) is 1.25. The largest absolute Gasteiger partial charge is 0.465 e. The summed E-state index contributed by atoms with van der Waals surface area (Å²) in [6.45, 7) is 9.86. The van der Waals surface area contributed by atoms with Crippen molar-refractivity contribution >= 4 is 18.0 Å². The Morgan fingerprint density at radius 2 is 1.63 bits per heavy atom. The topological polar surface area (TPSA) is 91.4 Å². The number of hydrogen-bond acceptors (Lipinski definition) is 7. The Balaban J connectivity index is 1.58. The molecule has 8 nitrogen and oxygen atoms in total. The summed E-state index contributed by atoms with van der Waals surface area (Å²) in [6.07, 6.45) is 4.84. The van der Waals surface area contributed by atoms with Crippen LogP contribution in [0.15, 0.2) is 66.2 Å². The number of benzene rings is 2. The first-order chi connectivity index (χ1) is 19.4. The van der Waals surface area contributed by atoms with Crippen molar-refractivity contribution in [2.75, 3.05) is 13.7 Å². The molecule has 2 aromatic carbocycles. The van der Waals surface area contributed by atoms with Crippen LogP contribution in [0.5, 0.6) is 0 Å². The van der Waals surface area contributed by atoms with Gasteiger partial charge in [0, 0.05) is 0 Å². The highest BCUT2D eigenvalue weighted by Crippen LogP contribution is 2.32. The molecule has 1 fully saturated rings. The van der Waals surface area contributed by atoms with Crippen LogP contribution in [0.25, 0.3) is 0 Å². The lowest BCUT2D eigenvalue weighted by molar-refractivity contribution is -0.146. The SMILES string of the molecule is COC(=O)/C(=C\CCCCc1ccccc1CC1COC(C)(C)N1C(=O)OC(C)(C)C)C(=O)OCc1ccccc1. The van der Waals surface area contributed by atoms with Gasteiger partial charge >= 0.3 is 18.0 Å². The summed E-state index contributed by atoms with van der Waals surface area (Å²) in [6, 6.07) is 17.4. The molecule has 1 saturated heterocycles. The number of unbranched alkanes of at least 4 members (excludes halogenated alkanes) is 2. The Morgan fingerprint density at radius 1 is 0.976 bits per heavy atom. The van der Waals surface area contributed by atoms with Crippen LogP contribution in [0.4, 0.5) is 4.79 Å². The van der Waals surface area contributed by atoms with E-state index in [1.54, 1.807) is 11.0 Å². The quantitative estimate of drug-likeness (QED) is 0.0805. The number of aryl methyl sites for hydroxylation is 1. The molecule has 8 heteroatoms. The van der Waals surface area contributed by atoms with E-state index in [-0.39, 0.29) is 24.3 Å². The summed E-state index contributed by atoms with van der Waals surface area (Å²) >= 11 is 0. The Labute approximate surface area is 243 Å². The minimum absolute atomic E-state index is 0.0827. The summed E-state index contributed by atoms with van der Waals surface area (Å²) in [4.78, 5) is 39.5. The van der Waals surface area contributed by atoms with Gasteiger partial charge in [0.1, 0.15) is 23.5 Å². The Kier molecular flexibility index (Phi) is 11.1. The van der Waals surface area contributed by atoms with E-state index in [1.165, 1.54) is 12.7 Å². The molecule has 0 bridgehead atoms. The maximum Gasteiger partial charge on any atom is 0.412 e. The maximum atomic E-state index is 13.0. The number of allylic oxidation sites excluding steroid dienone is 1. The molecule has 222 valence electrons. The number of hydrogen-bond donors (Lipinski definition) is 0. The number of nitrogens with zero attached hydrogens (tertiary/aromatic N) is 1. The first kappa shape index (κ1) is 31.9. The third-order valence-corrected chi connectivity index (χ3v) is 6.83. The number of esters is 2. The molecule has 0 aromatic heterocycles. The zero-order valence-electron chi connectivity index (χ0n) is 25.1. The normalized spacial score (nSPS) is 16.8. The van der Waals surface area contributed by atoms with Gasteiger partial charge in [-0.3, -0.25) is 4.90 Å². The van der Waals surface area contributed by atoms with E-state index in [4.69, 9.17) is 18.9 Å². The fourth-order valence-electron chi connectivity index (χ4n) is 4.84. The predicted octanol–water partition coefficient (Wildman–Crippen LogP) is 6.16. The molecule has 1 heterocycles. The van der Waals surface area contributed by atoms with Crippen LogP contribution in [0.2, 0.25) is 0 Å². The average molecular weight is 566 g/mol. The number of ether oxygens (including phenoxy) is 4. The molecule has 0 N–H and O–H groups in total. The van der Waals surface area contributed by atoms with Gasteiger partial charge in [-0.25, -0.2) is 14.4 Å². The van der Waals surface area contributed by atoms with Gasteiger partial charge in [-0.15, -0.1) is 0 Å². The zero-order valence-corrected chi connectivity index (χ0v) is 25.1. The molecule has 3 rings (SSSR count). The Hall–Kier alpha value is -3.65. The molecule has 2 aromatic rings. The van der Waals surface area contributed by atoms with Crippen LogP contribution in [0.3, 0.4) is 0 Å². The van der Waals surface area contributed by atoms with Crippen molar-refractivity contribution in [2.24, 2.45) is 0 Å². The molecule has 1 aliphatic rings. The lowest BCUT2D eigenvalue weighted by atomic mass is 9.96. The van der Waals surface area contributed by atoms with Gasteiger partial charge in [0.25, 0.3) is 0 Å². The molecule has 1 unspecified atom stereocenters. The number of amides is 1. The summed E-state index contributed by atoms with van der Waals surface area (Å²) in [5.41, 5.74) is 1.75. The van der Waals surface area contributed by atoms with Crippen molar-refractivity contribution in [1.29, 1.82) is 0 Å². The number of methoxy groups -OCH3 is 1. The van der Waals surface area contributed by atoms with Crippen LogP contribution in [0, 0.1) is 0 Å². The molecule has 1 amide bonds. The smallest absolute Gasteiger partial charge is 0.412 e. The standard InChI is InChI=1S/C33H43NO7/c1-32(2,3)41-31(37)34-27(23-40-33(34,4)5)21-26-19-14-13-18-25(26)17-11-8-12-20-28(29(35)38-6)30(36)39-22-24-15-9-7-10-16-24/h7,9-10,13-16,18-20,27H,8,11-12,17,21-23H2,1-6H3/b28-20+. The van der Waals surface area contributed by atoms with E-state index in [0.29, 0.717) is 19.4 Å². The van der Waals surface area contributed by atoms with Crippen molar-refractivity contribution in [3.05, 3.63) is 82.9 Å². The molecule has 0 spiro atoms. The second kappa shape index (κ2) is 14.3. The van der Waals surface area contributed by atoms with Gasteiger partial charge < -0.3 is 18.9 Å². The van der Waals surface area contributed by atoms with Gasteiger partial charge in [-0.2, -0.15) is 0 Å². The van der Waals surface area contributed by atoms with Crippen LogP contribution in [-0.2, 0) is 48.0 Å². The van der Waals surface area contributed by atoms with E-state index < -0.39 is 23.3 Å². The fraction of sp³-hybridized carbons (Fsp3) is 0.485. The van der Waals surface area contributed by atoms with Crippen molar-refractivity contribution in [3.63, 3.8) is 0 Å². The maximum absolute atomic E-state index is 13.0. The van der Waals surface area contributed by atoms with Crippen LogP contribution in [-0.4, -0.2) is 54.0 Å². The van der Waals surface area contributed by atoms with E-state index in [1.807, 2.05) is 77.1 Å². The monoisotopic (exact) mass is 565 g/mol. The fourth-order valence-corrected chi connectivity index (χ4v) is 4.84. The van der Waals surface area contributed by atoms with Crippen molar-refractivity contribution < 1.29 is 33.3 Å². The van der Waals surface area contributed by atoms with E-state index in [0.717, 1.165) is 30.4 Å². The van der Waals surface area contributed by atoms with Crippen LogP contribution in [0.1, 0.15) is 70.6 Å². The second-order valence-electron chi connectivity index (χ2n) is 11.7. The Morgan fingerprint density at radius 3 is 2.29 bits per heavy atom. The first-order valence-electron chi connectivity index (χ1n) is 14.1. The molecular formula is C33H43NO7. The van der Waals surface area contributed by atoms with Gasteiger partial charge in [0.15, 0.2) is 0 Å². The molecule has 0 radical (unpaired) electrons. The van der Waals surface area contributed by atoms with Gasteiger partial charge in [-0.05, 0) is 83.4 Å². The first-order valence-corrected chi connectivity index (χ1v) is 14.1. The second-order valence-corrected chi connectivity index (χ2v) is 11.7. The third-order valence-electron chi connectivity index (χ3n) is 6.83. The lowest BCUT2D eigenvalue weighted by Crippen LogP contribution is -2.50. The molecule has 41 heavy (non-hydrogen) atoms. The Bertz CT molecular complexity index is 1210. The minimum Gasteiger partial charge on any atom is -0.465 e. The highest BCUT2D eigenvalue weighted by molar-refractivity contribution is 6.13. The number of rotatable bonds is 11. The average Bonchev–Trinajstić information content (AvgIpc) is 3.22. The van der Waals surface area contributed by atoms with Gasteiger partial charge in [-0.1, -0.05) is 60.7 Å². The van der Waals surface area contributed by atoms with Crippen molar-refractivity contribution in [2.45, 2.75) is 90.7 Å². The summed E-state index contributed by atoms with van der Waals surface area (Å²) < 4.78 is 21.8. The number of carbonyl (C=O) groups excluding carboxylic acids is 3. The van der Waals surface area contributed by atoms with E-state index in [2.05, 4.69) is 12.1 Å². The van der Waals surface area contributed by atoms with Crippen molar-refractivity contribution in [1.82, 2.24) is 4.90 Å². The molecule has 1 aliphatic heterocycles. The van der Waals surface area contributed by atoms with E-state index >= 15 is 0 Å². The van der Waals surface area contributed by atoms with Crippen molar-refractivity contribution in [3.8, 4) is 0 Å². The minimum atomic E-state index is -0.756. The third kappa shape index (κ3) is 9.46. The van der Waals surface area contributed by atoms with Gasteiger partial charge in [0.05, 0.1) is 19.8 Å². The lowest BCUT2D eigenvalue weighted by Gasteiger charge is -2.35. The van der Waals surface area contributed by atoms with E-state index in [9.17, 15) is 14.4 Å². The molecule has 1 atom stereocenters. The highest BCUT2D eigenvalue weighted by atomic mass is 16.6. The molecule has 0 saturated carbocycles. The molecule has 0 aliphatic carbocycles. The summed E-state index contributed by atoms with van der Waals surface area (Å²) in [5.74, 6) is -1.40. The predicted molar refractivity (Wildman–Crippen MR) is 156 cm³/mol. The highest BCUT2D eigenvalue weighted by Gasteiger charge is 2.45.